The third-order valence-electron chi connectivity index (χ3n) is 4.02. The van der Waals surface area contributed by atoms with Gasteiger partial charge in [0.05, 0.1) is 19.3 Å². The molecule has 8 heteroatoms. The van der Waals surface area contributed by atoms with Crippen LogP contribution in [0.2, 0.25) is 0 Å². The molecule has 2 N–H and O–H groups in total. The van der Waals surface area contributed by atoms with E-state index >= 15 is 0 Å². The van der Waals surface area contributed by atoms with Crippen LogP contribution in [0.25, 0.3) is 0 Å². The molecule has 1 aliphatic heterocycles. The second kappa shape index (κ2) is 7.33. The molecule has 1 aromatic heterocycles. The Hall–Kier alpha value is -2.90. The minimum absolute atomic E-state index is 0.145. The number of halogens is 1. The van der Waals surface area contributed by atoms with Crippen LogP contribution in [0.3, 0.4) is 0 Å². The number of aromatic nitrogens is 2. The highest BCUT2D eigenvalue weighted by Gasteiger charge is 2.27. The number of nitrogens with one attached hydrogen (secondary N) is 2. The van der Waals surface area contributed by atoms with Gasteiger partial charge in [-0.05, 0) is 30.7 Å². The fourth-order valence-electron chi connectivity index (χ4n) is 2.69. The van der Waals surface area contributed by atoms with E-state index in [1.807, 2.05) is 0 Å². The van der Waals surface area contributed by atoms with Crippen molar-refractivity contribution < 1.29 is 13.9 Å². The highest BCUT2D eigenvalue weighted by molar-refractivity contribution is 5.95. The van der Waals surface area contributed by atoms with Gasteiger partial charge in [-0.2, -0.15) is 4.98 Å². The van der Waals surface area contributed by atoms with Crippen LogP contribution in [-0.4, -0.2) is 54.2 Å². The quantitative estimate of drug-likeness (QED) is 0.867. The molecule has 0 unspecified atom stereocenters. The van der Waals surface area contributed by atoms with Crippen molar-refractivity contribution in [2.24, 2.45) is 0 Å². The SMILES string of the molecule is CNc1ccnc(Nc2ccc(C(=O)N3CC[C@@H](F)C3)cc2OC)n1. The van der Waals surface area contributed by atoms with Gasteiger partial charge in [0.25, 0.3) is 5.91 Å². The maximum Gasteiger partial charge on any atom is 0.254 e. The molecular weight excluding hydrogens is 325 g/mol. The van der Waals surface area contributed by atoms with E-state index < -0.39 is 6.17 Å². The van der Waals surface area contributed by atoms with Crippen molar-refractivity contribution in [2.45, 2.75) is 12.6 Å². The predicted molar refractivity (Wildman–Crippen MR) is 93.3 cm³/mol. The largest absolute Gasteiger partial charge is 0.495 e. The second-order valence-corrected chi connectivity index (χ2v) is 5.69. The maximum atomic E-state index is 13.3. The number of ether oxygens (including phenoxy) is 1. The molecule has 25 heavy (non-hydrogen) atoms. The van der Waals surface area contributed by atoms with Crippen LogP contribution in [0, 0.1) is 0 Å². The molecule has 1 saturated heterocycles. The van der Waals surface area contributed by atoms with Crippen LogP contribution in [0.1, 0.15) is 16.8 Å². The average Bonchev–Trinajstić information content (AvgIpc) is 3.08. The van der Waals surface area contributed by atoms with Gasteiger partial charge in [-0.1, -0.05) is 0 Å². The Bertz CT molecular complexity index is 770. The summed E-state index contributed by atoms with van der Waals surface area (Å²) in [6.45, 7) is 0.582. The summed E-state index contributed by atoms with van der Waals surface area (Å²) in [7, 11) is 3.29. The Kier molecular flexibility index (Phi) is 4.97. The maximum absolute atomic E-state index is 13.3. The van der Waals surface area contributed by atoms with Gasteiger partial charge < -0.3 is 20.3 Å². The molecule has 1 fully saturated rings. The van der Waals surface area contributed by atoms with E-state index in [0.29, 0.717) is 41.7 Å². The molecule has 1 atom stereocenters. The first-order chi connectivity index (χ1) is 12.1. The van der Waals surface area contributed by atoms with Gasteiger partial charge in [0.1, 0.15) is 17.7 Å². The summed E-state index contributed by atoms with van der Waals surface area (Å²) in [4.78, 5) is 22.4. The van der Waals surface area contributed by atoms with Crippen molar-refractivity contribution >= 4 is 23.4 Å². The van der Waals surface area contributed by atoms with Gasteiger partial charge in [0, 0.05) is 25.4 Å². The minimum Gasteiger partial charge on any atom is -0.495 e. The molecule has 0 spiro atoms. The highest BCUT2D eigenvalue weighted by atomic mass is 19.1. The third kappa shape index (κ3) is 3.78. The number of hydrogen-bond donors (Lipinski definition) is 2. The van der Waals surface area contributed by atoms with Gasteiger partial charge in [-0.25, -0.2) is 9.37 Å². The molecule has 7 nitrogen and oxygen atoms in total. The summed E-state index contributed by atoms with van der Waals surface area (Å²) in [6.07, 6.45) is 1.08. The first-order valence-corrected chi connectivity index (χ1v) is 8.00. The Morgan fingerprint density at radius 2 is 2.24 bits per heavy atom. The Morgan fingerprint density at radius 1 is 1.40 bits per heavy atom. The van der Waals surface area contributed by atoms with Gasteiger partial charge in [0.2, 0.25) is 5.95 Å². The molecular formula is C17H20FN5O2. The number of alkyl halides is 1. The Balaban J connectivity index is 1.80. The van der Waals surface area contributed by atoms with Crippen molar-refractivity contribution in [2.75, 3.05) is 37.9 Å². The topological polar surface area (TPSA) is 79.4 Å². The molecule has 0 bridgehead atoms. The van der Waals surface area contributed by atoms with Crippen molar-refractivity contribution in [1.29, 1.82) is 0 Å². The molecule has 1 aromatic carbocycles. The summed E-state index contributed by atoms with van der Waals surface area (Å²) in [6, 6.07) is 6.79. The molecule has 1 aliphatic rings. The first-order valence-electron chi connectivity index (χ1n) is 8.00. The zero-order valence-electron chi connectivity index (χ0n) is 14.1. The van der Waals surface area contributed by atoms with Crippen LogP contribution >= 0.6 is 0 Å². The number of rotatable bonds is 5. The number of carbonyl (C=O) groups is 1. The average molecular weight is 345 g/mol. The Morgan fingerprint density at radius 3 is 2.92 bits per heavy atom. The smallest absolute Gasteiger partial charge is 0.254 e. The van der Waals surface area contributed by atoms with E-state index in [-0.39, 0.29) is 12.5 Å². The summed E-state index contributed by atoms with van der Waals surface area (Å²) < 4.78 is 18.7. The lowest BCUT2D eigenvalue weighted by Crippen LogP contribution is -2.28. The zero-order valence-corrected chi connectivity index (χ0v) is 14.1. The van der Waals surface area contributed by atoms with Gasteiger partial charge in [-0.15, -0.1) is 0 Å². The van der Waals surface area contributed by atoms with Crippen molar-refractivity contribution in [3.8, 4) is 5.75 Å². The minimum atomic E-state index is -0.941. The molecule has 3 rings (SSSR count). The number of benzene rings is 1. The first kappa shape index (κ1) is 16.9. The van der Waals surface area contributed by atoms with E-state index in [9.17, 15) is 9.18 Å². The van der Waals surface area contributed by atoms with Gasteiger partial charge >= 0.3 is 0 Å². The standard InChI is InChI=1S/C17H20FN5O2/c1-19-15-5-7-20-17(22-15)21-13-4-3-11(9-14(13)25-2)16(24)23-8-6-12(18)10-23/h3-5,7,9,12H,6,8,10H2,1-2H3,(H2,19,20,21,22)/t12-/m1/s1. The summed E-state index contributed by atoms with van der Waals surface area (Å²) in [5.74, 6) is 1.38. The van der Waals surface area contributed by atoms with E-state index in [4.69, 9.17) is 4.74 Å². The highest BCUT2D eigenvalue weighted by Crippen LogP contribution is 2.29. The van der Waals surface area contributed by atoms with Crippen molar-refractivity contribution in [3.05, 3.63) is 36.0 Å². The lowest BCUT2D eigenvalue weighted by molar-refractivity contribution is 0.0782. The lowest BCUT2D eigenvalue weighted by atomic mass is 10.1. The number of carbonyl (C=O) groups excluding carboxylic acids is 1. The number of amides is 1. The van der Waals surface area contributed by atoms with Crippen LogP contribution in [0.5, 0.6) is 5.75 Å². The van der Waals surface area contributed by atoms with E-state index in [2.05, 4.69) is 20.6 Å². The number of nitrogens with zero attached hydrogens (tertiary/aromatic N) is 3. The van der Waals surface area contributed by atoms with E-state index in [0.717, 1.165) is 0 Å². The van der Waals surface area contributed by atoms with Crippen LogP contribution < -0.4 is 15.4 Å². The van der Waals surface area contributed by atoms with Crippen LogP contribution in [0.4, 0.5) is 21.8 Å². The van der Waals surface area contributed by atoms with Crippen molar-refractivity contribution in [3.63, 3.8) is 0 Å². The summed E-state index contributed by atoms with van der Waals surface area (Å²) in [5.41, 5.74) is 1.10. The molecule has 132 valence electrons. The third-order valence-corrected chi connectivity index (χ3v) is 4.02. The number of hydrogen-bond acceptors (Lipinski definition) is 6. The summed E-state index contributed by atoms with van der Waals surface area (Å²) in [5, 5.41) is 6.01. The fraction of sp³-hybridized carbons (Fsp3) is 0.353. The number of methoxy groups -OCH3 is 1. The number of likely N-dealkylation sites (tertiary alicyclic amines) is 1. The number of anilines is 3. The predicted octanol–water partition coefficient (Wildman–Crippen LogP) is 2.45. The normalized spacial score (nSPS) is 16.6. The lowest BCUT2D eigenvalue weighted by Gasteiger charge is -2.17. The molecule has 0 radical (unpaired) electrons. The fourth-order valence-corrected chi connectivity index (χ4v) is 2.69. The summed E-state index contributed by atoms with van der Waals surface area (Å²) >= 11 is 0. The van der Waals surface area contributed by atoms with Crippen LogP contribution in [-0.2, 0) is 0 Å². The van der Waals surface area contributed by atoms with Gasteiger partial charge in [0.15, 0.2) is 0 Å². The molecule has 1 amide bonds. The van der Waals surface area contributed by atoms with E-state index in [1.54, 1.807) is 37.5 Å². The molecule has 0 aliphatic carbocycles. The van der Waals surface area contributed by atoms with Crippen molar-refractivity contribution in [1.82, 2.24) is 14.9 Å². The van der Waals surface area contributed by atoms with Crippen LogP contribution in [0.15, 0.2) is 30.5 Å². The molecule has 2 aromatic rings. The van der Waals surface area contributed by atoms with Gasteiger partial charge in [-0.3, -0.25) is 4.79 Å². The van der Waals surface area contributed by atoms with E-state index in [1.165, 1.54) is 12.0 Å². The molecule has 2 heterocycles. The molecule has 0 saturated carbocycles. The second-order valence-electron chi connectivity index (χ2n) is 5.69. The zero-order chi connectivity index (χ0) is 17.8. The Labute approximate surface area is 145 Å². The monoisotopic (exact) mass is 345 g/mol.